The van der Waals surface area contributed by atoms with Gasteiger partial charge in [0.25, 0.3) is 0 Å². The van der Waals surface area contributed by atoms with Crippen molar-refractivity contribution in [2.75, 3.05) is 43.3 Å². The van der Waals surface area contributed by atoms with E-state index in [1.165, 1.54) is 4.90 Å². The first-order valence-corrected chi connectivity index (χ1v) is 16.8. The normalized spacial score (nSPS) is 13.9. The maximum absolute atomic E-state index is 13.0. The SMILES string of the molecule is CC(C)Nc1ncc2c(n1)N(CC(=O)O)C(=O)N(c1ccccc1Cl)C2.CCN1C(=O)N(c2ccccc2Cl)Cc2cnc(NC(C)C)nc21. The van der Waals surface area contributed by atoms with Crippen LogP contribution in [0.3, 0.4) is 0 Å². The van der Waals surface area contributed by atoms with Gasteiger partial charge in [-0.3, -0.25) is 24.4 Å². The van der Waals surface area contributed by atoms with Crippen LogP contribution in [0.1, 0.15) is 45.7 Å². The molecule has 0 bridgehead atoms. The van der Waals surface area contributed by atoms with Gasteiger partial charge in [0.15, 0.2) is 0 Å². The molecule has 0 fully saturated rings. The zero-order chi connectivity index (χ0) is 36.1. The summed E-state index contributed by atoms with van der Waals surface area (Å²) in [6.45, 7) is 10.4. The van der Waals surface area contributed by atoms with Crippen LogP contribution < -0.4 is 30.2 Å². The molecule has 50 heavy (non-hydrogen) atoms. The lowest BCUT2D eigenvalue weighted by Gasteiger charge is -2.36. The number of hydrogen-bond donors (Lipinski definition) is 3. The van der Waals surface area contributed by atoms with Crippen LogP contribution in [-0.4, -0.2) is 68.2 Å². The number of anilines is 6. The summed E-state index contributed by atoms with van der Waals surface area (Å²) < 4.78 is 0. The van der Waals surface area contributed by atoms with Crippen molar-refractivity contribution in [1.82, 2.24) is 19.9 Å². The van der Waals surface area contributed by atoms with Gasteiger partial charge in [-0.15, -0.1) is 0 Å². The van der Waals surface area contributed by atoms with Crippen molar-refractivity contribution >= 4 is 76.1 Å². The number of fused-ring (bicyclic) bond motifs is 2. The Labute approximate surface area is 300 Å². The van der Waals surface area contributed by atoms with Crippen molar-refractivity contribution in [1.29, 1.82) is 0 Å². The van der Waals surface area contributed by atoms with E-state index in [1.54, 1.807) is 52.5 Å². The van der Waals surface area contributed by atoms with E-state index >= 15 is 0 Å². The van der Waals surface area contributed by atoms with Gasteiger partial charge in [0.05, 0.1) is 34.5 Å². The van der Waals surface area contributed by atoms with Crippen molar-refractivity contribution in [3.05, 3.63) is 82.1 Å². The van der Waals surface area contributed by atoms with E-state index in [4.69, 9.17) is 23.2 Å². The molecule has 0 radical (unpaired) electrons. The van der Waals surface area contributed by atoms with Gasteiger partial charge in [0, 0.05) is 42.1 Å². The minimum Gasteiger partial charge on any atom is -0.480 e. The number of rotatable bonds is 9. The van der Waals surface area contributed by atoms with E-state index in [-0.39, 0.29) is 24.7 Å². The van der Waals surface area contributed by atoms with E-state index in [0.29, 0.717) is 63.6 Å². The monoisotopic (exact) mass is 720 g/mol. The van der Waals surface area contributed by atoms with E-state index in [9.17, 15) is 19.5 Å². The Morgan fingerprint density at radius 2 is 1.18 bits per heavy atom. The molecule has 0 aliphatic carbocycles. The van der Waals surface area contributed by atoms with Crippen LogP contribution >= 0.6 is 23.2 Å². The number of benzene rings is 2. The standard InChI is InChI=1S/C17H18ClN5O3.C17H20ClN5O/c1-10(2)20-16-19-7-11-8-22(13-6-4-3-5-12(13)18)17(26)23(9-14(24)25)15(11)21-16;1-4-22-15-12(9-19-16(21-15)20-11(2)3)10-23(17(22)24)14-8-6-5-7-13(14)18/h3-7,10H,8-9H2,1-2H3,(H,24,25)(H,19,20,21);5-9,11H,4,10H2,1-3H3,(H,19,20,21). The number of carboxylic acids is 1. The Morgan fingerprint density at radius 1 is 0.760 bits per heavy atom. The van der Waals surface area contributed by atoms with Gasteiger partial charge in [0.1, 0.15) is 18.2 Å². The predicted octanol–water partition coefficient (Wildman–Crippen LogP) is 6.90. The summed E-state index contributed by atoms with van der Waals surface area (Å²) in [4.78, 5) is 60.5. The van der Waals surface area contributed by atoms with Gasteiger partial charge >= 0.3 is 18.0 Å². The summed E-state index contributed by atoms with van der Waals surface area (Å²) in [5, 5.41) is 16.4. The largest absolute Gasteiger partial charge is 0.480 e. The summed E-state index contributed by atoms with van der Waals surface area (Å²) >= 11 is 12.5. The summed E-state index contributed by atoms with van der Waals surface area (Å²) in [5.74, 6) is 0.680. The number of aromatic nitrogens is 4. The second-order valence-electron chi connectivity index (χ2n) is 12.0. The summed E-state index contributed by atoms with van der Waals surface area (Å²) in [5.41, 5.74) is 2.73. The quantitative estimate of drug-likeness (QED) is 0.166. The third kappa shape index (κ3) is 7.98. The molecule has 0 saturated carbocycles. The van der Waals surface area contributed by atoms with Crippen LogP contribution in [0.2, 0.25) is 10.0 Å². The fraction of sp³-hybridized carbons (Fsp3) is 0.324. The van der Waals surface area contributed by atoms with Crippen LogP contribution in [0.4, 0.5) is 44.5 Å². The number of urea groups is 2. The zero-order valence-corrected chi connectivity index (χ0v) is 29.8. The van der Waals surface area contributed by atoms with E-state index in [0.717, 1.165) is 10.5 Å². The van der Waals surface area contributed by atoms with Crippen LogP contribution in [0.25, 0.3) is 0 Å². The number of amides is 4. The Bertz CT molecular complexity index is 1890. The topological polar surface area (TPSA) is 160 Å². The molecule has 0 atom stereocenters. The molecule has 16 heteroatoms. The van der Waals surface area contributed by atoms with Crippen molar-refractivity contribution in [3.63, 3.8) is 0 Å². The highest BCUT2D eigenvalue weighted by Crippen LogP contribution is 2.35. The Kier molecular flexibility index (Phi) is 11.2. The van der Waals surface area contributed by atoms with Crippen LogP contribution in [-0.2, 0) is 17.9 Å². The van der Waals surface area contributed by atoms with Crippen LogP contribution in [0.5, 0.6) is 0 Å². The minimum absolute atomic E-state index is 0.0971. The van der Waals surface area contributed by atoms with Gasteiger partial charge in [-0.05, 0) is 58.9 Å². The number of halogens is 2. The summed E-state index contributed by atoms with van der Waals surface area (Å²) in [7, 11) is 0. The number of aliphatic carboxylic acids is 1. The molecule has 262 valence electrons. The molecule has 2 aliphatic rings. The second-order valence-corrected chi connectivity index (χ2v) is 12.9. The number of para-hydroxylation sites is 2. The molecular weight excluding hydrogens is 683 g/mol. The number of nitrogens with one attached hydrogen (secondary N) is 2. The van der Waals surface area contributed by atoms with Crippen LogP contribution in [0.15, 0.2) is 60.9 Å². The van der Waals surface area contributed by atoms with Gasteiger partial charge in [-0.1, -0.05) is 47.5 Å². The summed E-state index contributed by atoms with van der Waals surface area (Å²) in [6, 6.07) is 13.9. The summed E-state index contributed by atoms with van der Waals surface area (Å²) in [6.07, 6.45) is 3.37. The minimum atomic E-state index is -1.14. The molecule has 0 unspecified atom stereocenters. The molecule has 4 heterocycles. The number of carbonyl (C=O) groups is 3. The average Bonchev–Trinajstić information content (AvgIpc) is 3.06. The first kappa shape index (κ1) is 36.1. The highest BCUT2D eigenvalue weighted by atomic mass is 35.5. The first-order chi connectivity index (χ1) is 23.9. The molecule has 4 amide bonds. The second kappa shape index (κ2) is 15.6. The molecule has 2 aliphatic heterocycles. The van der Waals surface area contributed by atoms with Crippen molar-refractivity contribution in [2.24, 2.45) is 0 Å². The van der Waals surface area contributed by atoms with Crippen molar-refractivity contribution in [2.45, 2.75) is 59.8 Å². The number of carbonyl (C=O) groups excluding carboxylic acids is 2. The maximum atomic E-state index is 13.0. The zero-order valence-electron chi connectivity index (χ0n) is 28.3. The third-order valence-electron chi connectivity index (χ3n) is 7.51. The van der Waals surface area contributed by atoms with Gasteiger partial charge in [-0.25, -0.2) is 19.6 Å². The molecule has 4 aromatic rings. The third-order valence-corrected chi connectivity index (χ3v) is 8.15. The molecular formula is C34H38Cl2N10O4. The Morgan fingerprint density at radius 3 is 1.58 bits per heavy atom. The van der Waals surface area contributed by atoms with Crippen molar-refractivity contribution < 1.29 is 19.5 Å². The number of hydrogen-bond acceptors (Lipinski definition) is 9. The lowest BCUT2D eigenvalue weighted by atomic mass is 10.2. The highest BCUT2D eigenvalue weighted by Gasteiger charge is 2.35. The van der Waals surface area contributed by atoms with Gasteiger partial charge < -0.3 is 15.7 Å². The van der Waals surface area contributed by atoms with E-state index in [1.807, 2.05) is 52.8 Å². The lowest BCUT2D eigenvalue weighted by molar-refractivity contribution is -0.135. The lowest BCUT2D eigenvalue weighted by Crippen LogP contribution is -2.50. The first-order valence-electron chi connectivity index (χ1n) is 16.0. The Hall–Kier alpha value is -5.21. The number of nitrogens with zero attached hydrogens (tertiary/aromatic N) is 8. The van der Waals surface area contributed by atoms with E-state index in [2.05, 4.69) is 30.6 Å². The molecule has 0 saturated heterocycles. The van der Waals surface area contributed by atoms with Crippen molar-refractivity contribution in [3.8, 4) is 0 Å². The fourth-order valence-corrected chi connectivity index (χ4v) is 5.85. The fourth-order valence-electron chi connectivity index (χ4n) is 5.37. The highest BCUT2D eigenvalue weighted by molar-refractivity contribution is 6.34. The smallest absolute Gasteiger partial charge is 0.331 e. The molecule has 6 rings (SSSR count). The van der Waals surface area contributed by atoms with E-state index < -0.39 is 18.5 Å². The van der Waals surface area contributed by atoms with Crippen LogP contribution in [0, 0.1) is 0 Å². The number of carboxylic acid groups (broad SMARTS) is 1. The molecule has 2 aromatic carbocycles. The molecule has 3 N–H and O–H groups in total. The molecule has 14 nitrogen and oxygen atoms in total. The molecule has 0 spiro atoms. The van der Waals surface area contributed by atoms with Gasteiger partial charge in [-0.2, -0.15) is 9.97 Å². The predicted molar refractivity (Wildman–Crippen MR) is 196 cm³/mol. The molecule has 2 aromatic heterocycles. The average molecular weight is 722 g/mol. The maximum Gasteiger partial charge on any atom is 0.331 e. The van der Waals surface area contributed by atoms with Gasteiger partial charge in [0.2, 0.25) is 11.9 Å². The Balaban J connectivity index is 0.000000195.